The third kappa shape index (κ3) is 5.45. The third-order valence-electron chi connectivity index (χ3n) is 5.05. The Bertz CT molecular complexity index is 1010. The Balaban J connectivity index is 1.79. The number of aromatic carboxylic acids is 1. The number of hydrogen-bond acceptors (Lipinski definition) is 6. The van der Waals surface area contributed by atoms with Gasteiger partial charge in [-0.3, -0.25) is 0 Å². The standard InChI is InChI=1S/C23H29N3O5/c1-4-5-6-7-8-9-12-31-22-20(29-2)14-17(15-21(22)30-3)26-24-18-11-10-16(23(27)28)13-19(18)25-26/h10-11,13-15H,4-9,12H2,1-3H3,(H,27,28). The number of nitrogens with zero attached hydrogens (tertiary/aromatic N) is 3. The van der Waals surface area contributed by atoms with Crippen LogP contribution >= 0.6 is 0 Å². The van der Waals surface area contributed by atoms with E-state index in [2.05, 4.69) is 17.1 Å². The molecule has 0 spiro atoms. The summed E-state index contributed by atoms with van der Waals surface area (Å²) in [6, 6.07) is 8.18. The number of carboxylic acid groups (broad SMARTS) is 1. The molecule has 8 heteroatoms. The molecule has 0 bridgehead atoms. The van der Waals surface area contributed by atoms with Crippen LogP contribution in [0, 0.1) is 0 Å². The lowest BCUT2D eigenvalue weighted by Crippen LogP contribution is -2.05. The van der Waals surface area contributed by atoms with Gasteiger partial charge in [-0.25, -0.2) is 4.79 Å². The van der Waals surface area contributed by atoms with Crippen molar-refractivity contribution in [2.24, 2.45) is 0 Å². The van der Waals surface area contributed by atoms with Gasteiger partial charge >= 0.3 is 5.97 Å². The second-order valence-corrected chi connectivity index (χ2v) is 7.29. The van der Waals surface area contributed by atoms with E-state index in [-0.39, 0.29) is 5.56 Å². The highest BCUT2D eigenvalue weighted by Gasteiger charge is 2.17. The van der Waals surface area contributed by atoms with E-state index >= 15 is 0 Å². The summed E-state index contributed by atoms with van der Waals surface area (Å²) >= 11 is 0. The first-order valence-corrected chi connectivity index (χ1v) is 10.6. The monoisotopic (exact) mass is 427 g/mol. The van der Waals surface area contributed by atoms with Crippen molar-refractivity contribution in [3.8, 4) is 22.9 Å². The molecular formula is C23H29N3O5. The fourth-order valence-electron chi connectivity index (χ4n) is 3.34. The predicted molar refractivity (Wildman–Crippen MR) is 118 cm³/mol. The second-order valence-electron chi connectivity index (χ2n) is 7.29. The van der Waals surface area contributed by atoms with Gasteiger partial charge in [0.15, 0.2) is 11.5 Å². The molecule has 0 saturated carbocycles. The van der Waals surface area contributed by atoms with Crippen molar-refractivity contribution in [3.63, 3.8) is 0 Å². The summed E-state index contributed by atoms with van der Waals surface area (Å²) in [5.74, 6) is 0.583. The van der Waals surface area contributed by atoms with E-state index in [1.807, 2.05) is 0 Å². The smallest absolute Gasteiger partial charge is 0.335 e. The van der Waals surface area contributed by atoms with Crippen LogP contribution in [0.25, 0.3) is 16.7 Å². The first-order valence-electron chi connectivity index (χ1n) is 10.6. The summed E-state index contributed by atoms with van der Waals surface area (Å²) in [4.78, 5) is 12.6. The van der Waals surface area contributed by atoms with Gasteiger partial charge in [0.25, 0.3) is 0 Å². The molecule has 0 aliphatic carbocycles. The van der Waals surface area contributed by atoms with Gasteiger partial charge in [-0.1, -0.05) is 39.0 Å². The van der Waals surface area contributed by atoms with Crippen molar-refractivity contribution in [2.45, 2.75) is 45.4 Å². The van der Waals surface area contributed by atoms with E-state index in [0.29, 0.717) is 40.6 Å². The molecule has 0 unspecified atom stereocenters. The maximum absolute atomic E-state index is 11.2. The summed E-state index contributed by atoms with van der Waals surface area (Å²) in [6.07, 6.45) is 7.08. The number of ether oxygens (including phenoxy) is 3. The third-order valence-corrected chi connectivity index (χ3v) is 5.05. The first-order chi connectivity index (χ1) is 15.1. The van der Waals surface area contributed by atoms with Crippen molar-refractivity contribution in [3.05, 3.63) is 35.9 Å². The lowest BCUT2D eigenvalue weighted by molar-refractivity contribution is 0.0697. The summed E-state index contributed by atoms with van der Waals surface area (Å²) < 4.78 is 17.0. The summed E-state index contributed by atoms with van der Waals surface area (Å²) in [7, 11) is 3.14. The average Bonchev–Trinajstić information content (AvgIpc) is 3.21. The van der Waals surface area contributed by atoms with E-state index in [1.165, 1.54) is 42.6 Å². The number of rotatable bonds is 12. The topological polar surface area (TPSA) is 95.7 Å². The number of carboxylic acids is 1. The van der Waals surface area contributed by atoms with Crippen LogP contribution in [0.3, 0.4) is 0 Å². The Kier molecular flexibility index (Phi) is 7.70. The van der Waals surface area contributed by atoms with Crippen LogP contribution in [-0.2, 0) is 0 Å². The van der Waals surface area contributed by atoms with E-state index < -0.39 is 5.97 Å². The van der Waals surface area contributed by atoms with Crippen LogP contribution in [0.5, 0.6) is 17.2 Å². The highest BCUT2D eigenvalue weighted by atomic mass is 16.5. The Morgan fingerprint density at radius 3 is 2.23 bits per heavy atom. The molecule has 3 rings (SSSR count). The lowest BCUT2D eigenvalue weighted by atomic mass is 10.1. The molecule has 0 aliphatic rings. The van der Waals surface area contributed by atoms with Crippen LogP contribution in [0.1, 0.15) is 55.8 Å². The minimum Gasteiger partial charge on any atom is -0.493 e. The largest absolute Gasteiger partial charge is 0.493 e. The van der Waals surface area contributed by atoms with Crippen molar-refractivity contribution in [2.75, 3.05) is 20.8 Å². The van der Waals surface area contributed by atoms with Crippen molar-refractivity contribution in [1.82, 2.24) is 15.0 Å². The number of hydrogen-bond donors (Lipinski definition) is 1. The van der Waals surface area contributed by atoms with Gasteiger partial charge in [0.05, 0.1) is 32.1 Å². The SMILES string of the molecule is CCCCCCCCOc1c(OC)cc(-n2nc3ccc(C(=O)O)cc3n2)cc1OC. The molecule has 166 valence electrons. The van der Waals surface area contributed by atoms with Crippen LogP contribution in [0.15, 0.2) is 30.3 Å². The molecule has 2 aromatic carbocycles. The summed E-state index contributed by atoms with van der Waals surface area (Å²) in [5, 5.41) is 18.0. The quantitative estimate of drug-likeness (QED) is 0.412. The maximum atomic E-state index is 11.2. The Morgan fingerprint density at radius 1 is 0.935 bits per heavy atom. The van der Waals surface area contributed by atoms with Crippen LogP contribution in [0.2, 0.25) is 0 Å². The lowest BCUT2D eigenvalue weighted by Gasteiger charge is -2.15. The van der Waals surface area contributed by atoms with Gasteiger partial charge in [-0.2, -0.15) is 4.80 Å². The van der Waals surface area contributed by atoms with Crippen LogP contribution < -0.4 is 14.2 Å². The fourth-order valence-corrected chi connectivity index (χ4v) is 3.34. The minimum atomic E-state index is -1.01. The van der Waals surface area contributed by atoms with Gasteiger partial charge in [0.1, 0.15) is 11.0 Å². The summed E-state index contributed by atoms with van der Waals surface area (Å²) in [6.45, 7) is 2.79. The van der Waals surface area contributed by atoms with Crippen LogP contribution in [-0.4, -0.2) is 46.9 Å². The molecule has 1 aromatic heterocycles. The molecular weight excluding hydrogens is 398 g/mol. The van der Waals surface area contributed by atoms with E-state index in [0.717, 1.165) is 12.8 Å². The van der Waals surface area contributed by atoms with Crippen molar-refractivity contribution >= 4 is 17.0 Å². The molecule has 0 fully saturated rings. The number of carbonyl (C=O) groups is 1. The van der Waals surface area contributed by atoms with Crippen molar-refractivity contribution in [1.29, 1.82) is 0 Å². The Hall–Kier alpha value is -3.29. The van der Waals surface area contributed by atoms with E-state index in [1.54, 1.807) is 32.4 Å². The molecule has 0 amide bonds. The van der Waals surface area contributed by atoms with Crippen LogP contribution in [0.4, 0.5) is 0 Å². The molecule has 3 aromatic rings. The first kappa shape index (κ1) is 22.4. The Labute approximate surface area is 181 Å². The number of unbranched alkanes of at least 4 members (excludes halogenated alkanes) is 5. The zero-order valence-electron chi connectivity index (χ0n) is 18.3. The fraction of sp³-hybridized carbons (Fsp3) is 0.435. The highest BCUT2D eigenvalue weighted by Crippen LogP contribution is 2.39. The van der Waals surface area contributed by atoms with Crippen molar-refractivity contribution < 1.29 is 24.1 Å². The Morgan fingerprint density at radius 2 is 1.58 bits per heavy atom. The number of fused-ring (bicyclic) bond motifs is 1. The van der Waals surface area contributed by atoms with Gasteiger partial charge in [0.2, 0.25) is 5.75 Å². The average molecular weight is 428 g/mol. The summed E-state index contributed by atoms with van der Waals surface area (Å²) in [5.41, 5.74) is 1.86. The zero-order valence-corrected chi connectivity index (χ0v) is 18.3. The molecule has 0 radical (unpaired) electrons. The minimum absolute atomic E-state index is 0.160. The van der Waals surface area contributed by atoms with Gasteiger partial charge < -0.3 is 19.3 Å². The van der Waals surface area contributed by atoms with Gasteiger partial charge in [-0.05, 0) is 24.6 Å². The molecule has 31 heavy (non-hydrogen) atoms. The number of aromatic nitrogens is 3. The van der Waals surface area contributed by atoms with Gasteiger partial charge in [-0.15, -0.1) is 10.2 Å². The maximum Gasteiger partial charge on any atom is 0.335 e. The highest BCUT2D eigenvalue weighted by molar-refractivity contribution is 5.92. The molecule has 8 nitrogen and oxygen atoms in total. The second kappa shape index (κ2) is 10.7. The molecule has 0 aliphatic heterocycles. The molecule has 0 atom stereocenters. The van der Waals surface area contributed by atoms with Gasteiger partial charge in [0, 0.05) is 12.1 Å². The zero-order chi connectivity index (χ0) is 22.2. The van der Waals surface area contributed by atoms with E-state index in [9.17, 15) is 9.90 Å². The molecule has 1 heterocycles. The predicted octanol–water partition coefficient (Wildman–Crippen LogP) is 4.88. The molecule has 0 saturated heterocycles. The van der Waals surface area contributed by atoms with E-state index in [4.69, 9.17) is 14.2 Å². The number of benzene rings is 2. The normalized spacial score (nSPS) is 10.9. The number of methoxy groups -OCH3 is 2. The molecule has 1 N–H and O–H groups in total.